The molecule has 0 saturated heterocycles. The number of fused-ring (bicyclic) bond motifs is 1. The minimum absolute atomic E-state index is 0.196. The lowest BCUT2D eigenvalue weighted by molar-refractivity contribution is 0.0980. The molecule has 0 N–H and O–H groups in total. The number of aromatic nitrogens is 3. The molecule has 1 aromatic heterocycles. The summed E-state index contributed by atoms with van der Waals surface area (Å²) in [6.45, 7) is 0.610. The summed E-state index contributed by atoms with van der Waals surface area (Å²) in [5, 5.41) is 17.8. The molecule has 3 aromatic rings. The monoisotopic (exact) mass is 329 g/mol. The van der Waals surface area contributed by atoms with Gasteiger partial charge in [-0.05, 0) is 42.7 Å². The van der Waals surface area contributed by atoms with Crippen molar-refractivity contribution in [1.29, 1.82) is 5.26 Å². The Morgan fingerprint density at radius 3 is 2.76 bits per heavy atom. The molecule has 25 heavy (non-hydrogen) atoms. The van der Waals surface area contributed by atoms with Gasteiger partial charge in [0.05, 0.1) is 23.5 Å². The summed E-state index contributed by atoms with van der Waals surface area (Å²) in [7, 11) is 0. The quantitative estimate of drug-likeness (QED) is 0.724. The van der Waals surface area contributed by atoms with E-state index in [-0.39, 0.29) is 5.91 Å². The molecule has 0 radical (unpaired) electrons. The van der Waals surface area contributed by atoms with Crippen LogP contribution in [0.1, 0.15) is 28.0 Å². The first-order valence-corrected chi connectivity index (χ1v) is 8.09. The number of nitrogens with zero attached hydrogens (tertiary/aromatic N) is 5. The maximum atomic E-state index is 12.9. The van der Waals surface area contributed by atoms with E-state index in [0.29, 0.717) is 17.8 Å². The number of rotatable bonds is 2. The molecule has 1 aliphatic heterocycles. The van der Waals surface area contributed by atoms with Crippen LogP contribution in [0.15, 0.2) is 54.7 Å². The van der Waals surface area contributed by atoms with Gasteiger partial charge >= 0.3 is 0 Å². The van der Waals surface area contributed by atoms with Gasteiger partial charge in [-0.2, -0.15) is 15.2 Å². The number of nitriles is 1. The maximum absolute atomic E-state index is 12.9. The predicted molar refractivity (Wildman–Crippen MR) is 92.5 cm³/mol. The van der Waals surface area contributed by atoms with Gasteiger partial charge in [0.25, 0.3) is 5.91 Å². The van der Waals surface area contributed by atoms with Gasteiger partial charge in [0.2, 0.25) is 0 Å². The van der Waals surface area contributed by atoms with Crippen LogP contribution in [0.4, 0.5) is 5.69 Å². The molecule has 0 saturated carbocycles. The first kappa shape index (κ1) is 15.1. The molecule has 6 nitrogen and oxygen atoms in total. The first-order chi connectivity index (χ1) is 12.3. The molecule has 0 bridgehead atoms. The number of carbonyl (C=O) groups is 1. The molecule has 1 amide bonds. The SMILES string of the molecule is N#Cc1cccc2c1CCCN2C(=O)c1cnn(-c2ccccc2)n1. The number of hydrogen-bond donors (Lipinski definition) is 0. The molecular formula is C19H15N5O. The number of hydrogen-bond acceptors (Lipinski definition) is 4. The summed E-state index contributed by atoms with van der Waals surface area (Å²) in [6.07, 6.45) is 3.11. The van der Waals surface area contributed by atoms with Gasteiger partial charge in [0.15, 0.2) is 5.69 Å². The van der Waals surface area contributed by atoms with Crippen LogP contribution < -0.4 is 4.90 Å². The normalized spacial score (nSPS) is 13.2. The second-order valence-electron chi connectivity index (χ2n) is 5.83. The van der Waals surface area contributed by atoms with Crippen LogP contribution in [0.5, 0.6) is 0 Å². The van der Waals surface area contributed by atoms with Crippen LogP contribution in [-0.2, 0) is 6.42 Å². The van der Waals surface area contributed by atoms with Crippen molar-refractivity contribution < 1.29 is 4.79 Å². The fourth-order valence-electron chi connectivity index (χ4n) is 3.13. The molecule has 1 aliphatic rings. The van der Waals surface area contributed by atoms with E-state index in [9.17, 15) is 10.1 Å². The summed E-state index contributed by atoms with van der Waals surface area (Å²) in [4.78, 5) is 16.1. The van der Waals surface area contributed by atoms with Crippen LogP contribution >= 0.6 is 0 Å². The molecule has 4 rings (SSSR count). The van der Waals surface area contributed by atoms with Crippen molar-refractivity contribution in [2.75, 3.05) is 11.4 Å². The number of amides is 1. The molecule has 0 atom stereocenters. The summed E-state index contributed by atoms with van der Waals surface area (Å²) in [5.74, 6) is -0.196. The third-order valence-electron chi connectivity index (χ3n) is 4.31. The Hall–Kier alpha value is -3.46. The average molecular weight is 329 g/mol. The molecule has 0 spiro atoms. The van der Waals surface area contributed by atoms with E-state index in [0.717, 1.165) is 29.8 Å². The van der Waals surface area contributed by atoms with Gasteiger partial charge in [0.1, 0.15) is 0 Å². The second-order valence-corrected chi connectivity index (χ2v) is 5.83. The third kappa shape index (κ3) is 2.66. The summed E-state index contributed by atoms with van der Waals surface area (Å²) in [6, 6.07) is 17.2. The van der Waals surface area contributed by atoms with Crippen LogP contribution in [0.2, 0.25) is 0 Å². The fraction of sp³-hybridized carbons (Fsp3) is 0.158. The van der Waals surface area contributed by atoms with Crippen LogP contribution in [0, 0.1) is 11.3 Å². The average Bonchev–Trinajstić information content (AvgIpc) is 3.17. The zero-order chi connectivity index (χ0) is 17.2. The number of anilines is 1. The topological polar surface area (TPSA) is 74.8 Å². The Balaban J connectivity index is 1.68. The van der Waals surface area contributed by atoms with E-state index in [1.807, 2.05) is 42.5 Å². The van der Waals surface area contributed by atoms with Crippen molar-refractivity contribution in [2.24, 2.45) is 0 Å². The lowest BCUT2D eigenvalue weighted by Gasteiger charge is -2.29. The fourth-order valence-corrected chi connectivity index (χ4v) is 3.13. The highest BCUT2D eigenvalue weighted by molar-refractivity contribution is 6.05. The van der Waals surface area contributed by atoms with Gasteiger partial charge < -0.3 is 4.90 Å². The lowest BCUT2D eigenvalue weighted by atomic mass is 9.96. The minimum Gasteiger partial charge on any atom is -0.307 e. The number of benzene rings is 2. The molecule has 0 aliphatic carbocycles. The standard InChI is InChI=1S/C19H15N5O/c20-12-14-6-4-10-18-16(14)9-5-11-23(18)19(25)17-13-21-24(22-17)15-7-2-1-3-8-15/h1-4,6-8,10,13H,5,9,11H2. The molecule has 2 heterocycles. The van der Waals surface area contributed by atoms with E-state index in [2.05, 4.69) is 16.3 Å². The molecule has 122 valence electrons. The zero-order valence-corrected chi connectivity index (χ0v) is 13.5. The highest BCUT2D eigenvalue weighted by atomic mass is 16.2. The summed E-state index contributed by atoms with van der Waals surface area (Å²) >= 11 is 0. The van der Waals surface area contributed by atoms with E-state index >= 15 is 0 Å². The lowest BCUT2D eigenvalue weighted by Crippen LogP contribution is -2.36. The zero-order valence-electron chi connectivity index (χ0n) is 13.5. The summed E-state index contributed by atoms with van der Waals surface area (Å²) in [5.41, 5.74) is 3.44. The number of para-hydroxylation sites is 1. The van der Waals surface area contributed by atoms with Gasteiger partial charge in [-0.1, -0.05) is 24.3 Å². The van der Waals surface area contributed by atoms with Crippen LogP contribution in [-0.4, -0.2) is 27.4 Å². The number of carbonyl (C=O) groups excluding carboxylic acids is 1. The van der Waals surface area contributed by atoms with Crippen LogP contribution in [0.25, 0.3) is 5.69 Å². The molecule has 0 fully saturated rings. The largest absolute Gasteiger partial charge is 0.307 e. The van der Waals surface area contributed by atoms with E-state index < -0.39 is 0 Å². The van der Waals surface area contributed by atoms with E-state index in [1.54, 1.807) is 11.0 Å². The summed E-state index contributed by atoms with van der Waals surface area (Å²) < 4.78 is 0. The molecular weight excluding hydrogens is 314 g/mol. The Bertz CT molecular complexity index is 971. The van der Waals surface area contributed by atoms with Gasteiger partial charge in [-0.3, -0.25) is 4.79 Å². The Morgan fingerprint density at radius 1 is 1.12 bits per heavy atom. The van der Waals surface area contributed by atoms with Gasteiger partial charge in [-0.25, -0.2) is 0 Å². The van der Waals surface area contributed by atoms with Gasteiger partial charge in [-0.15, -0.1) is 5.10 Å². The molecule has 0 unspecified atom stereocenters. The Kier molecular flexibility index (Phi) is 3.75. The van der Waals surface area contributed by atoms with Crippen molar-refractivity contribution in [3.63, 3.8) is 0 Å². The maximum Gasteiger partial charge on any atom is 0.280 e. The van der Waals surface area contributed by atoms with E-state index in [1.165, 1.54) is 11.0 Å². The van der Waals surface area contributed by atoms with Gasteiger partial charge in [0, 0.05) is 12.2 Å². The highest BCUT2D eigenvalue weighted by Crippen LogP contribution is 2.30. The minimum atomic E-state index is -0.196. The molecule has 2 aromatic carbocycles. The Morgan fingerprint density at radius 2 is 1.96 bits per heavy atom. The third-order valence-corrected chi connectivity index (χ3v) is 4.31. The predicted octanol–water partition coefficient (Wildman–Crippen LogP) is 2.73. The van der Waals surface area contributed by atoms with Crippen LogP contribution in [0.3, 0.4) is 0 Å². The van der Waals surface area contributed by atoms with Crippen molar-refractivity contribution in [2.45, 2.75) is 12.8 Å². The van der Waals surface area contributed by atoms with Crippen molar-refractivity contribution >= 4 is 11.6 Å². The highest BCUT2D eigenvalue weighted by Gasteiger charge is 2.27. The first-order valence-electron chi connectivity index (χ1n) is 8.09. The van der Waals surface area contributed by atoms with Crippen molar-refractivity contribution in [3.05, 3.63) is 71.5 Å². The van der Waals surface area contributed by atoms with E-state index in [4.69, 9.17) is 0 Å². The second kappa shape index (κ2) is 6.21. The smallest absolute Gasteiger partial charge is 0.280 e. The van der Waals surface area contributed by atoms with Crippen molar-refractivity contribution in [1.82, 2.24) is 15.0 Å². The Labute approximate surface area is 144 Å². The molecule has 6 heteroatoms. The van der Waals surface area contributed by atoms with Crippen molar-refractivity contribution in [3.8, 4) is 11.8 Å².